The van der Waals surface area contributed by atoms with Crippen LogP contribution in [-0.4, -0.2) is 41.8 Å². The van der Waals surface area contributed by atoms with Crippen LogP contribution < -0.4 is 5.73 Å². The molecule has 0 saturated heterocycles. The molecule has 0 spiro atoms. The predicted octanol–water partition coefficient (Wildman–Crippen LogP) is -0.821. The summed E-state index contributed by atoms with van der Waals surface area (Å²) >= 11 is 5.75. The van der Waals surface area contributed by atoms with Gasteiger partial charge in [0.25, 0.3) is 10.0 Å². The molecule has 0 atom stereocenters. The lowest BCUT2D eigenvalue weighted by molar-refractivity contribution is -0.118. The average Bonchev–Trinajstić information content (AvgIpc) is 2.46. The lowest BCUT2D eigenvalue weighted by Gasteiger charge is -2.13. The molecule has 1 amide bonds. The summed E-state index contributed by atoms with van der Waals surface area (Å²) in [6.07, 6.45) is 1.27. The summed E-state index contributed by atoms with van der Waals surface area (Å²) in [5.41, 5.74) is 4.91. The zero-order valence-electron chi connectivity index (χ0n) is 8.71. The Balaban J connectivity index is 3.12. The van der Waals surface area contributed by atoms with Crippen LogP contribution in [0.15, 0.2) is 11.4 Å². The van der Waals surface area contributed by atoms with E-state index < -0.39 is 22.5 Å². The Morgan fingerprint density at radius 1 is 1.69 bits per heavy atom. The van der Waals surface area contributed by atoms with Crippen molar-refractivity contribution in [2.45, 2.75) is 5.03 Å². The molecule has 2 N–H and O–H groups in total. The number of hydrogen-bond acceptors (Lipinski definition) is 4. The van der Waals surface area contributed by atoms with Crippen LogP contribution in [0.3, 0.4) is 0 Å². The maximum atomic E-state index is 11.9. The van der Waals surface area contributed by atoms with E-state index in [0.717, 1.165) is 4.31 Å². The van der Waals surface area contributed by atoms with Crippen molar-refractivity contribution in [2.75, 3.05) is 13.6 Å². The fourth-order valence-electron chi connectivity index (χ4n) is 1.02. The Morgan fingerprint density at radius 3 is 2.62 bits per heavy atom. The predicted molar refractivity (Wildman–Crippen MR) is 57.2 cm³/mol. The third-order valence-corrected chi connectivity index (χ3v) is 4.16. The van der Waals surface area contributed by atoms with Gasteiger partial charge in [0.05, 0.1) is 12.9 Å². The highest BCUT2D eigenvalue weighted by molar-refractivity contribution is 7.89. The number of aryl methyl sites for hydroxylation is 1. The van der Waals surface area contributed by atoms with E-state index in [1.807, 2.05) is 0 Å². The van der Waals surface area contributed by atoms with Gasteiger partial charge in [-0.25, -0.2) is 13.4 Å². The van der Waals surface area contributed by atoms with Crippen molar-refractivity contribution in [1.82, 2.24) is 13.9 Å². The van der Waals surface area contributed by atoms with Crippen molar-refractivity contribution in [2.24, 2.45) is 12.8 Å². The molecule has 0 fully saturated rings. The van der Waals surface area contributed by atoms with Crippen LogP contribution >= 0.6 is 11.6 Å². The molecule has 7 nitrogen and oxygen atoms in total. The average molecular weight is 267 g/mol. The second-order valence-corrected chi connectivity index (χ2v) is 5.50. The Labute approximate surface area is 97.9 Å². The lowest BCUT2D eigenvalue weighted by atomic mass is 10.6. The van der Waals surface area contributed by atoms with Gasteiger partial charge >= 0.3 is 0 Å². The number of primary amides is 1. The van der Waals surface area contributed by atoms with Crippen molar-refractivity contribution in [1.29, 1.82) is 0 Å². The highest BCUT2D eigenvalue weighted by Crippen LogP contribution is 2.21. The van der Waals surface area contributed by atoms with E-state index in [4.69, 9.17) is 17.3 Å². The standard InChI is InChI=1S/C7H11ClN4O3S/c1-11-4-10-7(6(11)8)16(14,15)12(2)3-5(9)13/h4H,3H2,1-2H3,(H2,9,13). The number of hydrogen-bond donors (Lipinski definition) is 1. The van der Waals surface area contributed by atoms with Crippen molar-refractivity contribution >= 4 is 27.5 Å². The van der Waals surface area contributed by atoms with Gasteiger partial charge in [-0.3, -0.25) is 4.79 Å². The van der Waals surface area contributed by atoms with Crippen LogP contribution in [0.1, 0.15) is 0 Å². The molecule has 1 heterocycles. The summed E-state index contributed by atoms with van der Waals surface area (Å²) in [5.74, 6) is -0.752. The number of likely N-dealkylation sites (N-methyl/N-ethyl adjacent to an activating group) is 1. The van der Waals surface area contributed by atoms with Gasteiger partial charge in [0.15, 0.2) is 0 Å². The number of sulfonamides is 1. The van der Waals surface area contributed by atoms with Crippen molar-refractivity contribution in [3.63, 3.8) is 0 Å². The van der Waals surface area contributed by atoms with E-state index in [1.54, 1.807) is 7.05 Å². The fourth-order valence-corrected chi connectivity index (χ4v) is 2.53. The molecule has 0 aliphatic carbocycles. The number of carbonyl (C=O) groups is 1. The number of amides is 1. The highest BCUT2D eigenvalue weighted by Gasteiger charge is 2.27. The normalized spacial score (nSPS) is 12.0. The van der Waals surface area contributed by atoms with E-state index in [9.17, 15) is 13.2 Å². The number of halogens is 1. The molecule has 16 heavy (non-hydrogen) atoms. The Bertz CT molecular complexity index is 510. The Morgan fingerprint density at radius 2 is 2.25 bits per heavy atom. The first-order valence-corrected chi connectivity index (χ1v) is 6.00. The summed E-state index contributed by atoms with van der Waals surface area (Å²) in [6, 6.07) is 0. The van der Waals surface area contributed by atoms with Crippen molar-refractivity contribution in [3.8, 4) is 0 Å². The monoisotopic (exact) mass is 266 g/mol. The minimum absolute atomic E-state index is 0.0173. The van der Waals surface area contributed by atoms with Crippen molar-refractivity contribution in [3.05, 3.63) is 11.5 Å². The molecule has 0 aromatic carbocycles. The number of carbonyl (C=O) groups excluding carboxylic acids is 1. The first-order chi connectivity index (χ1) is 7.26. The van der Waals surface area contributed by atoms with Gasteiger partial charge in [-0.2, -0.15) is 4.31 Å². The van der Waals surface area contributed by atoms with Crippen LogP contribution in [0.5, 0.6) is 0 Å². The number of imidazole rings is 1. The third-order valence-electron chi connectivity index (χ3n) is 1.87. The van der Waals surface area contributed by atoms with Crippen LogP contribution in [-0.2, 0) is 21.9 Å². The maximum Gasteiger partial charge on any atom is 0.263 e. The largest absolute Gasteiger partial charge is 0.369 e. The molecule has 0 aliphatic rings. The van der Waals surface area contributed by atoms with Crippen LogP contribution in [0.4, 0.5) is 0 Å². The van der Waals surface area contributed by atoms with Gasteiger partial charge in [0, 0.05) is 14.1 Å². The minimum Gasteiger partial charge on any atom is -0.369 e. The summed E-state index contributed by atoms with van der Waals surface area (Å²) in [5, 5.41) is -0.309. The number of nitrogens with two attached hydrogens (primary N) is 1. The molecule has 0 bridgehead atoms. The Kier molecular flexibility index (Phi) is 3.56. The van der Waals surface area contributed by atoms with E-state index in [-0.39, 0.29) is 10.2 Å². The van der Waals surface area contributed by atoms with Crippen LogP contribution in [0.25, 0.3) is 0 Å². The molecular formula is C7H11ClN4O3S. The first-order valence-electron chi connectivity index (χ1n) is 4.18. The molecule has 9 heteroatoms. The molecule has 0 saturated carbocycles. The van der Waals surface area contributed by atoms with E-state index in [0.29, 0.717) is 0 Å². The molecular weight excluding hydrogens is 256 g/mol. The van der Waals surface area contributed by atoms with Gasteiger partial charge in [0.1, 0.15) is 5.15 Å². The molecule has 0 radical (unpaired) electrons. The first kappa shape index (κ1) is 12.9. The van der Waals surface area contributed by atoms with E-state index in [1.165, 1.54) is 17.9 Å². The molecule has 1 rings (SSSR count). The quantitative estimate of drug-likeness (QED) is 0.770. The molecule has 0 aliphatic heterocycles. The summed E-state index contributed by atoms with van der Waals surface area (Å²) in [4.78, 5) is 14.3. The summed E-state index contributed by atoms with van der Waals surface area (Å²) < 4.78 is 25.9. The SMILES string of the molecule is CN(CC(N)=O)S(=O)(=O)c1ncn(C)c1Cl. The fraction of sp³-hybridized carbons (Fsp3) is 0.429. The van der Waals surface area contributed by atoms with Crippen LogP contribution in [0.2, 0.25) is 5.15 Å². The highest BCUT2D eigenvalue weighted by atomic mass is 35.5. The molecule has 1 aromatic rings. The van der Waals surface area contributed by atoms with Gasteiger partial charge in [0.2, 0.25) is 10.9 Å². The minimum atomic E-state index is -3.88. The maximum absolute atomic E-state index is 11.9. The number of rotatable bonds is 4. The third kappa shape index (κ3) is 2.34. The summed E-state index contributed by atoms with van der Waals surface area (Å²) in [6.45, 7) is -0.421. The van der Waals surface area contributed by atoms with Gasteiger partial charge in [-0.15, -0.1) is 0 Å². The smallest absolute Gasteiger partial charge is 0.263 e. The van der Waals surface area contributed by atoms with E-state index in [2.05, 4.69) is 4.98 Å². The van der Waals surface area contributed by atoms with E-state index >= 15 is 0 Å². The molecule has 1 aromatic heterocycles. The lowest BCUT2D eigenvalue weighted by Crippen LogP contribution is -2.35. The molecule has 90 valence electrons. The zero-order valence-corrected chi connectivity index (χ0v) is 10.3. The van der Waals surface area contributed by atoms with Gasteiger partial charge < -0.3 is 10.3 Å². The zero-order chi connectivity index (χ0) is 12.5. The summed E-state index contributed by atoms with van der Waals surface area (Å²) in [7, 11) is -1.09. The van der Waals surface area contributed by atoms with Gasteiger partial charge in [-0.1, -0.05) is 11.6 Å². The molecule has 0 unspecified atom stereocenters. The van der Waals surface area contributed by atoms with Crippen molar-refractivity contribution < 1.29 is 13.2 Å². The van der Waals surface area contributed by atoms with Crippen LogP contribution in [0, 0.1) is 0 Å². The number of nitrogens with zero attached hydrogens (tertiary/aromatic N) is 3. The Hall–Kier alpha value is -1.12. The van der Waals surface area contributed by atoms with Gasteiger partial charge in [-0.05, 0) is 0 Å². The second-order valence-electron chi connectivity index (χ2n) is 3.18. The second kappa shape index (κ2) is 4.40. The topological polar surface area (TPSA) is 98.3 Å². The number of aromatic nitrogens is 2.